The van der Waals surface area contributed by atoms with Crippen LogP contribution >= 0.6 is 0 Å². The molecule has 35 heavy (non-hydrogen) atoms. The molecule has 1 saturated heterocycles. The molecule has 4 heterocycles. The average Bonchev–Trinajstić information content (AvgIpc) is 3.17. The van der Waals surface area contributed by atoms with Crippen molar-refractivity contribution in [3.63, 3.8) is 0 Å². The minimum Gasteiger partial charge on any atom is -0.456 e. The van der Waals surface area contributed by atoms with Gasteiger partial charge in [-0.05, 0) is 25.4 Å². The molecule has 2 aliphatic rings. The molecule has 5 atom stereocenters. The monoisotopic (exact) mass is 503 g/mol. The zero-order chi connectivity index (χ0) is 25.9. The average molecular weight is 504 g/mol. The van der Waals surface area contributed by atoms with E-state index in [4.69, 9.17) is 19.6 Å². The van der Waals surface area contributed by atoms with E-state index < -0.39 is 51.1 Å². The first-order chi connectivity index (χ1) is 16.2. The van der Waals surface area contributed by atoms with Gasteiger partial charge in [0.15, 0.2) is 21.4 Å². The number of hydrogen-bond donors (Lipinski definition) is 3. The van der Waals surface area contributed by atoms with E-state index in [2.05, 4.69) is 28.4 Å². The highest BCUT2D eigenvalue weighted by Crippen LogP contribution is 2.47. The summed E-state index contributed by atoms with van der Waals surface area (Å²) in [4.78, 5) is 32.8. The van der Waals surface area contributed by atoms with Gasteiger partial charge < -0.3 is 34.6 Å². The molecule has 5 unspecified atom stereocenters. The first kappa shape index (κ1) is 25.3. The molecule has 2 aromatic rings. The molecule has 0 bridgehead atoms. The molecule has 190 valence electrons. The lowest BCUT2D eigenvalue weighted by atomic mass is 9.82. The molecule has 0 radical (unpaired) electrons. The van der Waals surface area contributed by atoms with Gasteiger partial charge in [-0.15, -0.1) is 0 Å². The van der Waals surface area contributed by atoms with Gasteiger partial charge in [-0.25, -0.2) is 9.97 Å². The quantitative estimate of drug-likeness (QED) is 0.409. The van der Waals surface area contributed by atoms with E-state index >= 15 is 0 Å². The minimum absolute atomic E-state index is 0.229. The Balaban J connectivity index is 1.87. The summed E-state index contributed by atoms with van der Waals surface area (Å²) in [6.07, 6.45) is 1.05. The molecule has 12 heteroatoms. The van der Waals surface area contributed by atoms with E-state index in [1.54, 1.807) is 17.7 Å². The molecule has 0 spiro atoms. The molecule has 1 fully saturated rings. The number of nitrogens with two attached hydrogens (primary N) is 1. The minimum atomic E-state index is -1.65. The summed E-state index contributed by atoms with van der Waals surface area (Å²) in [6.45, 7) is 13.0. The first-order valence-electron chi connectivity index (χ1n) is 11.6. The van der Waals surface area contributed by atoms with Crippen molar-refractivity contribution in [1.82, 2.24) is 14.5 Å². The Morgan fingerprint density at radius 2 is 2.06 bits per heavy atom. The Morgan fingerprint density at radius 3 is 2.66 bits per heavy atom. The van der Waals surface area contributed by atoms with Gasteiger partial charge in [0.1, 0.15) is 29.5 Å². The number of nitrogens with one attached hydrogen (secondary N) is 1. The van der Waals surface area contributed by atoms with Crippen LogP contribution in [-0.2, 0) is 23.5 Å². The number of esters is 1. The Morgan fingerprint density at radius 1 is 1.37 bits per heavy atom. The van der Waals surface area contributed by atoms with Gasteiger partial charge in [-0.3, -0.25) is 9.59 Å². The molecule has 4 rings (SSSR count). The number of carbonyl (C=O) groups is 2. The fourth-order valence-electron chi connectivity index (χ4n) is 4.79. The summed E-state index contributed by atoms with van der Waals surface area (Å²) in [5.74, 6) is -0.629. The van der Waals surface area contributed by atoms with Crippen molar-refractivity contribution >= 4 is 43.5 Å². The highest BCUT2D eigenvalue weighted by atomic mass is 28.3. The molecule has 4 N–H and O–H groups in total. The van der Waals surface area contributed by atoms with Crippen molar-refractivity contribution in [3.8, 4) is 0 Å². The van der Waals surface area contributed by atoms with Crippen LogP contribution in [0.5, 0.6) is 0 Å². The zero-order valence-electron chi connectivity index (χ0n) is 21.0. The maximum atomic E-state index is 12.1. The normalized spacial score (nSPS) is 27.5. The SMILES string of the molecule is CC(=O)OC1C(C(O[SiH](C)C)C(C)(C)C)OC(n2cc3c4c(ncnc42)NC(=O)C=C3N)C1(C)O. The number of amides is 1. The van der Waals surface area contributed by atoms with E-state index in [9.17, 15) is 14.7 Å². The fraction of sp³-hybridized carbons (Fsp3) is 0.565. The second kappa shape index (κ2) is 8.70. The van der Waals surface area contributed by atoms with E-state index in [0.29, 0.717) is 22.4 Å². The summed E-state index contributed by atoms with van der Waals surface area (Å²) in [6, 6.07) is 0. The van der Waals surface area contributed by atoms with Crippen LogP contribution in [0.3, 0.4) is 0 Å². The van der Waals surface area contributed by atoms with Crippen molar-refractivity contribution in [2.75, 3.05) is 5.32 Å². The van der Waals surface area contributed by atoms with Crippen molar-refractivity contribution in [2.45, 2.75) is 77.9 Å². The number of aliphatic hydroxyl groups is 1. The molecule has 0 saturated carbocycles. The first-order valence-corrected chi connectivity index (χ1v) is 14.3. The maximum absolute atomic E-state index is 12.1. The highest BCUT2D eigenvalue weighted by molar-refractivity contribution is 6.48. The second-order valence-electron chi connectivity index (χ2n) is 10.6. The van der Waals surface area contributed by atoms with Gasteiger partial charge in [-0.2, -0.15) is 0 Å². The van der Waals surface area contributed by atoms with Crippen LogP contribution in [0.4, 0.5) is 5.82 Å². The maximum Gasteiger partial charge on any atom is 0.303 e. The number of carbonyl (C=O) groups excluding carboxylic acids is 2. The lowest BCUT2D eigenvalue weighted by Gasteiger charge is -2.39. The standard InChI is InChI=1S/C23H33N5O6Si/c1-11(29)32-18-16(17(22(2,3)4)34-35(6)7)33-21(23(18,5)31)28-9-12-13(24)8-14(30)27-19-15(12)20(28)26-10-25-19/h8-10,16-18,21,31,35H,24H2,1-7H3,(H,25,26,27,30). The molecule has 0 aliphatic carbocycles. The van der Waals surface area contributed by atoms with Crippen LogP contribution in [0.1, 0.15) is 46.4 Å². The Bertz CT molecular complexity index is 1200. The lowest BCUT2D eigenvalue weighted by Crippen LogP contribution is -2.53. The summed E-state index contributed by atoms with van der Waals surface area (Å²) >= 11 is 0. The van der Waals surface area contributed by atoms with Crippen molar-refractivity contribution in [2.24, 2.45) is 11.1 Å². The zero-order valence-corrected chi connectivity index (χ0v) is 22.2. The summed E-state index contributed by atoms with van der Waals surface area (Å²) < 4.78 is 20.2. The van der Waals surface area contributed by atoms with Gasteiger partial charge in [0.05, 0.1) is 11.5 Å². The molecule has 0 aromatic carbocycles. The third-order valence-corrected chi connectivity index (χ3v) is 7.06. The van der Waals surface area contributed by atoms with Crippen molar-refractivity contribution in [3.05, 3.63) is 24.2 Å². The predicted molar refractivity (Wildman–Crippen MR) is 132 cm³/mol. The molecular formula is C23H33N5O6Si. The lowest BCUT2D eigenvalue weighted by molar-refractivity contribution is -0.164. The van der Waals surface area contributed by atoms with Crippen molar-refractivity contribution in [1.29, 1.82) is 0 Å². The number of hydrogen-bond acceptors (Lipinski definition) is 9. The smallest absolute Gasteiger partial charge is 0.303 e. The Hall–Kier alpha value is -2.80. The van der Waals surface area contributed by atoms with Gasteiger partial charge in [0.2, 0.25) is 0 Å². The van der Waals surface area contributed by atoms with Crippen LogP contribution in [0.15, 0.2) is 18.6 Å². The number of ether oxygens (including phenoxy) is 2. The summed E-state index contributed by atoms with van der Waals surface area (Å²) in [7, 11) is -1.54. The van der Waals surface area contributed by atoms with Crippen LogP contribution < -0.4 is 11.1 Å². The third kappa shape index (κ3) is 4.46. The highest BCUT2D eigenvalue weighted by Gasteiger charge is 2.60. The Labute approximate surface area is 205 Å². The predicted octanol–water partition coefficient (Wildman–Crippen LogP) is 1.68. The van der Waals surface area contributed by atoms with E-state index in [-0.39, 0.29) is 11.1 Å². The van der Waals surface area contributed by atoms with Crippen LogP contribution in [0.2, 0.25) is 13.1 Å². The van der Waals surface area contributed by atoms with E-state index in [0.717, 1.165) is 0 Å². The van der Waals surface area contributed by atoms with Gasteiger partial charge >= 0.3 is 5.97 Å². The molecule has 2 aliphatic heterocycles. The number of nitrogens with zero attached hydrogens (tertiary/aromatic N) is 3. The molecule has 2 aromatic heterocycles. The second-order valence-corrected chi connectivity index (χ2v) is 13.0. The van der Waals surface area contributed by atoms with E-state index in [1.807, 2.05) is 20.8 Å². The summed E-state index contributed by atoms with van der Waals surface area (Å²) in [5.41, 5.74) is 5.34. The van der Waals surface area contributed by atoms with Crippen LogP contribution in [0.25, 0.3) is 16.7 Å². The van der Waals surface area contributed by atoms with Crippen molar-refractivity contribution < 1.29 is 28.6 Å². The number of rotatable bonds is 5. The molecular weight excluding hydrogens is 470 g/mol. The fourth-order valence-corrected chi connectivity index (χ4v) is 5.94. The third-order valence-electron chi connectivity index (χ3n) is 6.23. The largest absolute Gasteiger partial charge is 0.456 e. The number of aromatic nitrogens is 3. The number of anilines is 1. The topological polar surface area (TPSA) is 151 Å². The van der Waals surface area contributed by atoms with Gasteiger partial charge in [-0.1, -0.05) is 20.8 Å². The van der Waals surface area contributed by atoms with E-state index in [1.165, 1.54) is 19.3 Å². The molecule has 1 amide bonds. The van der Waals surface area contributed by atoms with Gasteiger partial charge in [0.25, 0.3) is 5.91 Å². The summed E-state index contributed by atoms with van der Waals surface area (Å²) in [5, 5.41) is 15.0. The van der Waals surface area contributed by atoms with Crippen LogP contribution in [0, 0.1) is 5.41 Å². The van der Waals surface area contributed by atoms with Gasteiger partial charge in [0, 0.05) is 30.5 Å². The molecule has 11 nitrogen and oxygen atoms in total. The van der Waals surface area contributed by atoms with Crippen LogP contribution in [-0.4, -0.2) is 64.5 Å². The Kier molecular flexibility index (Phi) is 6.28.